The summed E-state index contributed by atoms with van der Waals surface area (Å²) in [6.07, 6.45) is 3.83. The van der Waals surface area contributed by atoms with Gasteiger partial charge in [0.25, 0.3) is 0 Å². The van der Waals surface area contributed by atoms with Crippen molar-refractivity contribution in [1.29, 1.82) is 0 Å². The third-order valence-electron chi connectivity index (χ3n) is 2.35. The molecule has 0 bridgehead atoms. The predicted molar refractivity (Wildman–Crippen MR) is 57.2 cm³/mol. The van der Waals surface area contributed by atoms with E-state index in [9.17, 15) is 4.79 Å². The zero-order valence-corrected chi connectivity index (χ0v) is 8.53. The molecule has 1 heterocycles. The summed E-state index contributed by atoms with van der Waals surface area (Å²) in [5.74, 6) is 0.721. The molecule has 0 radical (unpaired) electrons. The van der Waals surface area contributed by atoms with E-state index in [4.69, 9.17) is 9.15 Å². The molecule has 3 heteroatoms. The Bertz CT molecular complexity index is 471. The summed E-state index contributed by atoms with van der Waals surface area (Å²) in [7, 11) is 1.61. The molecule has 0 fully saturated rings. The number of aldehydes is 1. The Hall–Kier alpha value is -1.77. The molecule has 2 rings (SSSR count). The number of hydrogen-bond donors (Lipinski definition) is 0. The number of carbonyl (C=O) groups is 1. The van der Waals surface area contributed by atoms with Crippen molar-refractivity contribution in [1.82, 2.24) is 0 Å². The molecular formula is C12H12O3. The number of furan rings is 1. The second kappa shape index (κ2) is 4.17. The fourth-order valence-corrected chi connectivity index (χ4v) is 1.63. The molecule has 3 nitrogen and oxygen atoms in total. The van der Waals surface area contributed by atoms with Crippen molar-refractivity contribution in [2.24, 2.45) is 0 Å². The van der Waals surface area contributed by atoms with Gasteiger partial charge < -0.3 is 13.9 Å². The highest BCUT2D eigenvalue weighted by Crippen LogP contribution is 2.28. The zero-order valence-electron chi connectivity index (χ0n) is 8.53. The van der Waals surface area contributed by atoms with Crippen molar-refractivity contribution in [3.05, 3.63) is 30.0 Å². The largest absolute Gasteiger partial charge is 0.493 e. The number of methoxy groups -OCH3 is 1. The second-order valence-electron chi connectivity index (χ2n) is 3.34. The van der Waals surface area contributed by atoms with Crippen LogP contribution in [0, 0.1) is 0 Å². The molecule has 0 aliphatic rings. The monoisotopic (exact) mass is 204 g/mol. The van der Waals surface area contributed by atoms with Crippen molar-refractivity contribution in [3.8, 4) is 5.75 Å². The lowest BCUT2D eigenvalue weighted by Gasteiger charge is -2.04. The Morgan fingerprint density at radius 3 is 3.07 bits per heavy atom. The molecule has 0 unspecified atom stereocenters. The summed E-state index contributed by atoms with van der Waals surface area (Å²) in [5, 5.41) is 1.01. The fraction of sp³-hybridized carbons (Fsp3) is 0.250. The van der Waals surface area contributed by atoms with Gasteiger partial charge in [-0.05, 0) is 30.2 Å². The first-order valence-electron chi connectivity index (χ1n) is 4.83. The van der Waals surface area contributed by atoms with Gasteiger partial charge in [-0.3, -0.25) is 0 Å². The summed E-state index contributed by atoms with van der Waals surface area (Å²) < 4.78 is 10.5. The van der Waals surface area contributed by atoms with E-state index in [2.05, 4.69) is 0 Å². The molecule has 2 aromatic rings. The Labute approximate surface area is 87.6 Å². The van der Waals surface area contributed by atoms with E-state index in [0.717, 1.165) is 35.0 Å². The summed E-state index contributed by atoms with van der Waals surface area (Å²) >= 11 is 0. The number of benzene rings is 1. The molecular weight excluding hydrogens is 192 g/mol. The fourth-order valence-electron chi connectivity index (χ4n) is 1.63. The summed E-state index contributed by atoms with van der Waals surface area (Å²) in [4.78, 5) is 10.3. The lowest BCUT2D eigenvalue weighted by molar-refractivity contribution is -0.107. The van der Waals surface area contributed by atoms with Gasteiger partial charge >= 0.3 is 0 Å². The van der Waals surface area contributed by atoms with E-state index in [1.54, 1.807) is 13.4 Å². The van der Waals surface area contributed by atoms with Crippen LogP contribution in [0.3, 0.4) is 0 Å². The van der Waals surface area contributed by atoms with Gasteiger partial charge in [0.2, 0.25) is 0 Å². The highest BCUT2D eigenvalue weighted by Gasteiger charge is 2.06. The number of fused-ring (bicyclic) bond motifs is 1. The first-order valence-corrected chi connectivity index (χ1v) is 4.83. The maximum absolute atomic E-state index is 10.3. The molecule has 0 spiro atoms. The van der Waals surface area contributed by atoms with Crippen LogP contribution in [0.2, 0.25) is 0 Å². The van der Waals surface area contributed by atoms with Crippen molar-refractivity contribution in [2.45, 2.75) is 12.8 Å². The third-order valence-corrected chi connectivity index (χ3v) is 2.35. The van der Waals surface area contributed by atoms with Crippen molar-refractivity contribution >= 4 is 17.3 Å². The Kier molecular flexibility index (Phi) is 2.72. The lowest BCUT2D eigenvalue weighted by atomic mass is 10.1. The van der Waals surface area contributed by atoms with Gasteiger partial charge in [0.05, 0.1) is 13.4 Å². The van der Waals surface area contributed by atoms with Gasteiger partial charge in [-0.1, -0.05) is 0 Å². The van der Waals surface area contributed by atoms with Crippen molar-refractivity contribution in [2.75, 3.05) is 7.11 Å². The smallest absolute Gasteiger partial charge is 0.175 e. The van der Waals surface area contributed by atoms with Crippen molar-refractivity contribution < 1.29 is 13.9 Å². The normalized spacial score (nSPS) is 10.5. The molecule has 1 aromatic carbocycles. The number of carbonyl (C=O) groups excluding carboxylic acids is 1. The summed E-state index contributed by atoms with van der Waals surface area (Å²) in [5.41, 5.74) is 1.85. The minimum atomic E-state index is 0.534. The average Bonchev–Trinajstić information content (AvgIpc) is 2.73. The van der Waals surface area contributed by atoms with Gasteiger partial charge in [-0.2, -0.15) is 0 Å². The van der Waals surface area contributed by atoms with Crippen LogP contribution in [-0.2, 0) is 11.2 Å². The number of ether oxygens (including phenoxy) is 1. The molecule has 0 amide bonds. The van der Waals surface area contributed by atoms with Crippen LogP contribution in [0.1, 0.15) is 12.0 Å². The van der Waals surface area contributed by atoms with E-state index in [1.165, 1.54) is 0 Å². The molecule has 0 N–H and O–H groups in total. The second-order valence-corrected chi connectivity index (χ2v) is 3.34. The van der Waals surface area contributed by atoms with Gasteiger partial charge in [0, 0.05) is 11.8 Å². The Balaban J connectivity index is 2.44. The third kappa shape index (κ3) is 1.86. The van der Waals surface area contributed by atoms with Crippen LogP contribution < -0.4 is 4.74 Å². The van der Waals surface area contributed by atoms with Gasteiger partial charge in [-0.25, -0.2) is 0 Å². The molecule has 78 valence electrons. The molecule has 0 saturated heterocycles. The minimum Gasteiger partial charge on any atom is -0.493 e. The van der Waals surface area contributed by atoms with Crippen LogP contribution in [-0.4, -0.2) is 13.4 Å². The van der Waals surface area contributed by atoms with Crippen LogP contribution in [0.15, 0.2) is 28.9 Å². The maximum atomic E-state index is 10.3. The Morgan fingerprint density at radius 2 is 2.33 bits per heavy atom. The summed E-state index contributed by atoms with van der Waals surface area (Å²) in [6, 6.07) is 5.82. The maximum Gasteiger partial charge on any atom is 0.175 e. The quantitative estimate of drug-likeness (QED) is 0.718. The molecule has 0 saturated carbocycles. The van der Waals surface area contributed by atoms with Crippen LogP contribution in [0.5, 0.6) is 5.75 Å². The van der Waals surface area contributed by atoms with Crippen LogP contribution in [0.4, 0.5) is 0 Å². The van der Waals surface area contributed by atoms with Crippen LogP contribution in [0.25, 0.3) is 11.0 Å². The highest BCUT2D eigenvalue weighted by molar-refractivity contribution is 5.84. The van der Waals surface area contributed by atoms with Gasteiger partial charge in [-0.15, -0.1) is 0 Å². The standard InChI is InChI=1S/C12H12O3/c1-14-11-8-9(3-2-5-13)7-10-4-6-15-12(10)11/h4-8H,2-3H2,1H3. The lowest BCUT2D eigenvalue weighted by Crippen LogP contribution is -1.89. The predicted octanol–water partition coefficient (Wildman–Crippen LogP) is 2.57. The van der Waals surface area contributed by atoms with Gasteiger partial charge in [0.15, 0.2) is 11.3 Å². The first kappa shape index (κ1) is 9.77. The van der Waals surface area contributed by atoms with E-state index in [-0.39, 0.29) is 0 Å². The molecule has 0 aliphatic carbocycles. The minimum absolute atomic E-state index is 0.534. The first-order chi connectivity index (χ1) is 7.35. The Morgan fingerprint density at radius 1 is 1.47 bits per heavy atom. The summed E-state index contributed by atoms with van der Waals surface area (Å²) in [6.45, 7) is 0. The average molecular weight is 204 g/mol. The highest BCUT2D eigenvalue weighted by atomic mass is 16.5. The van der Waals surface area contributed by atoms with Crippen molar-refractivity contribution in [3.63, 3.8) is 0 Å². The molecule has 1 aromatic heterocycles. The number of aryl methyl sites for hydroxylation is 1. The zero-order chi connectivity index (χ0) is 10.7. The van der Waals surface area contributed by atoms with E-state index in [0.29, 0.717) is 6.42 Å². The molecule has 0 atom stereocenters. The molecule has 15 heavy (non-hydrogen) atoms. The van der Waals surface area contributed by atoms with E-state index in [1.807, 2.05) is 18.2 Å². The SMILES string of the molecule is COc1cc(CCC=O)cc2ccoc12. The molecule has 0 aliphatic heterocycles. The number of hydrogen-bond acceptors (Lipinski definition) is 3. The number of rotatable bonds is 4. The van der Waals surface area contributed by atoms with Crippen LogP contribution >= 0.6 is 0 Å². The van der Waals surface area contributed by atoms with Gasteiger partial charge in [0.1, 0.15) is 6.29 Å². The van der Waals surface area contributed by atoms with E-state index < -0.39 is 0 Å². The topological polar surface area (TPSA) is 39.4 Å². The van der Waals surface area contributed by atoms with E-state index >= 15 is 0 Å².